The zero-order valence-electron chi connectivity index (χ0n) is 26.7. The molecule has 1 unspecified atom stereocenters. The number of carbonyl (C=O) groups excluding carboxylic acids is 2. The molecule has 0 aliphatic rings. The van der Waals surface area contributed by atoms with Crippen LogP contribution in [0.25, 0.3) is 11.3 Å². The summed E-state index contributed by atoms with van der Waals surface area (Å²) in [5, 5.41) is 9.36. The number of nitrogens with zero attached hydrogens (tertiary/aromatic N) is 5. The molecule has 46 heavy (non-hydrogen) atoms. The van der Waals surface area contributed by atoms with Crippen LogP contribution in [0.1, 0.15) is 65.4 Å². The van der Waals surface area contributed by atoms with Gasteiger partial charge in [-0.1, -0.05) is 62.2 Å². The van der Waals surface area contributed by atoms with Crippen LogP contribution in [-0.2, 0) is 30.8 Å². The number of sulfonamides is 1. The molecule has 0 spiro atoms. The van der Waals surface area contributed by atoms with Gasteiger partial charge >= 0.3 is 12.1 Å². The van der Waals surface area contributed by atoms with E-state index in [1.54, 1.807) is 45.0 Å². The minimum absolute atomic E-state index is 0.0111. The maximum Gasteiger partial charge on any atom is 0.450 e. The third-order valence-electron chi connectivity index (χ3n) is 6.19. The van der Waals surface area contributed by atoms with Gasteiger partial charge in [-0.05, 0) is 62.6 Å². The van der Waals surface area contributed by atoms with Gasteiger partial charge in [-0.2, -0.15) is 10.2 Å². The lowest BCUT2D eigenvalue weighted by Gasteiger charge is -2.27. The van der Waals surface area contributed by atoms with Gasteiger partial charge in [0.1, 0.15) is 10.5 Å². The number of nitrogens with one attached hydrogen (secondary N) is 1. The van der Waals surface area contributed by atoms with Crippen molar-refractivity contribution in [3.8, 4) is 11.3 Å². The molecule has 1 aromatic carbocycles. The van der Waals surface area contributed by atoms with Crippen molar-refractivity contribution in [1.82, 2.24) is 24.9 Å². The average Bonchev–Trinajstić information content (AvgIpc) is 2.99. The number of ether oxygens (including phenoxy) is 1. The largest absolute Gasteiger partial charge is 0.450 e. The third-order valence-corrected chi connectivity index (χ3v) is 7.65. The van der Waals surface area contributed by atoms with Gasteiger partial charge in [0.2, 0.25) is 10.0 Å². The van der Waals surface area contributed by atoms with Gasteiger partial charge in [0.15, 0.2) is 5.82 Å². The molecule has 1 atom stereocenters. The fourth-order valence-electron chi connectivity index (χ4n) is 4.20. The highest BCUT2D eigenvalue weighted by Crippen LogP contribution is 2.26. The molecule has 0 aliphatic carbocycles. The molecule has 0 saturated carbocycles. The molecule has 12 nitrogen and oxygen atoms in total. The molecule has 0 fully saturated rings. The van der Waals surface area contributed by atoms with Crippen molar-refractivity contribution in [1.29, 1.82) is 0 Å². The Morgan fingerprint density at radius 2 is 1.63 bits per heavy atom. The lowest BCUT2D eigenvalue weighted by molar-refractivity contribution is -0.147. The van der Waals surface area contributed by atoms with Crippen molar-refractivity contribution in [2.24, 2.45) is 5.41 Å². The lowest BCUT2D eigenvalue weighted by atomic mass is 9.93. The molecule has 1 amide bonds. The van der Waals surface area contributed by atoms with E-state index in [4.69, 9.17) is 9.57 Å². The summed E-state index contributed by atoms with van der Waals surface area (Å²) in [5.41, 5.74) is 0.912. The summed E-state index contributed by atoms with van der Waals surface area (Å²) in [6, 6.07) is 19.7. The molecule has 0 bridgehead atoms. The summed E-state index contributed by atoms with van der Waals surface area (Å²) in [4.78, 5) is 40.0. The summed E-state index contributed by atoms with van der Waals surface area (Å²) in [7, 11) is -4.08. The Labute approximate surface area is 269 Å². The molecule has 4 rings (SSSR count). The van der Waals surface area contributed by atoms with Gasteiger partial charge in [0, 0.05) is 24.4 Å². The Kier molecular flexibility index (Phi) is 10.5. The molecule has 0 saturated heterocycles. The molecule has 0 radical (unpaired) electrons. The van der Waals surface area contributed by atoms with Crippen molar-refractivity contribution < 1.29 is 27.6 Å². The Morgan fingerprint density at radius 1 is 0.891 bits per heavy atom. The molecule has 3 heterocycles. The molecule has 242 valence electrons. The standard InChI is InChI=1S/C33H38N6O6S/c1-32(2,3)21-30(40)45-39(31(41)44-33(4,5)6)29-16-10-15-27(35-29)28(38-46(42,43)25-14-11-19-34-22-25)20-24-17-18-26(37-36-24)23-12-8-7-9-13-23/h7-19,22,28,38H,20-21H2,1-6H3. The number of hydrogen-bond donors (Lipinski definition) is 1. The lowest BCUT2D eigenvalue weighted by Crippen LogP contribution is -2.40. The van der Waals surface area contributed by atoms with E-state index >= 15 is 0 Å². The number of amides is 1. The first-order valence-corrected chi connectivity index (χ1v) is 16.1. The second-order valence-electron chi connectivity index (χ2n) is 12.7. The van der Waals surface area contributed by atoms with Gasteiger partial charge < -0.3 is 9.57 Å². The van der Waals surface area contributed by atoms with Crippen LogP contribution in [0.15, 0.2) is 90.1 Å². The van der Waals surface area contributed by atoms with Crippen LogP contribution in [0.5, 0.6) is 0 Å². The van der Waals surface area contributed by atoms with Crippen molar-refractivity contribution >= 4 is 27.9 Å². The van der Waals surface area contributed by atoms with E-state index in [0.717, 1.165) is 5.56 Å². The van der Waals surface area contributed by atoms with Crippen molar-refractivity contribution in [3.05, 3.63) is 96.6 Å². The van der Waals surface area contributed by atoms with Gasteiger partial charge in [0.05, 0.1) is 29.5 Å². The third kappa shape index (κ3) is 9.88. The summed E-state index contributed by atoms with van der Waals surface area (Å²) in [5.74, 6) is -0.752. The molecule has 4 aromatic rings. The Morgan fingerprint density at radius 3 is 2.24 bits per heavy atom. The van der Waals surface area contributed by atoms with Crippen LogP contribution in [0.3, 0.4) is 0 Å². The summed E-state index contributed by atoms with van der Waals surface area (Å²) in [6.07, 6.45) is 1.80. The quantitative estimate of drug-likeness (QED) is 0.220. The first-order chi connectivity index (χ1) is 21.6. The smallest absolute Gasteiger partial charge is 0.441 e. The minimum Gasteiger partial charge on any atom is -0.441 e. The molecule has 1 N–H and O–H groups in total. The van der Waals surface area contributed by atoms with Gasteiger partial charge in [-0.15, -0.1) is 0 Å². The highest BCUT2D eigenvalue weighted by atomic mass is 32.2. The summed E-state index contributed by atoms with van der Waals surface area (Å²) >= 11 is 0. The number of hydroxylamine groups is 1. The summed E-state index contributed by atoms with van der Waals surface area (Å²) in [6.45, 7) is 10.6. The maximum atomic E-state index is 13.4. The molecular formula is C33H38N6O6S. The average molecular weight is 647 g/mol. The Balaban J connectivity index is 1.71. The van der Waals surface area contributed by atoms with Crippen LogP contribution in [0.2, 0.25) is 0 Å². The number of anilines is 1. The second kappa shape index (κ2) is 14.1. The van der Waals surface area contributed by atoms with Crippen molar-refractivity contribution in [2.45, 2.75) is 70.9 Å². The minimum atomic E-state index is -4.08. The molecule has 0 aliphatic heterocycles. The van der Waals surface area contributed by atoms with Gasteiger partial charge in [-0.25, -0.2) is 27.7 Å². The number of pyridine rings is 2. The number of hydrogen-bond acceptors (Lipinski definition) is 10. The van der Waals surface area contributed by atoms with Gasteiger partial charge in [0.25, 0.3) is 0 Å². The Bertz CT molecular complexity index is 1740. The number of rotatable bonds is 9. The Hall–Kier alpha value is -4.75. The number of aromatic nitrogens is 4. The zero-order valence-corrected chi connectivity index (χ0v) is 27.5. The van der Waals surface area contributed by atoms with Crippen molar-refractivity contribution in [3.63, 3.8) is 0 Å². The first kappa shape index (κ1) is 34.1. The van der Waals surface area contributed by atoms with E-state index in [1.165, 1.54) is 30.6 Å². The normalized spacial score (nSPS) is 12.7. The van der Waals surface area contributed by atoms with E-state index in [9.17, 15) is 18.0 Å². The van der Waals surface area contributed by atoms with E-state index in [1.807, 2.05) is 51.1 Å². The SMILES string of the molecule is CC(C)(C)CC(=O)ON(C(=O)OC(C)(C)C)c1cccc(C(Cc2ccc(-c3ccccc3)nn2)NS(=O)(=O)c2cccnc2)n1. The van der Waals surface area contributed by atoms with Crippen LogP contribution in [0, 0.1) is 5.41 Å². The van der Waals surface area contributed by atoms with Crippen molar-refractivity contribution in [2.75, 3.05) is 5.06 Å². The number of carbonyl (C=O) groups is 2. The fraction of sp³-hybridized carbons (Fsp3) is 0.333. The molecule has 3 aromatic heterocycles. The van der Waals surface area contributed by atoms with Crippen LogP contribution >= 0.6 is 0 Å². The predicted molar refractivity (Wildman–Crippen MR) is 172 cm³/mol. The summed E-state index contributed by atoms with van der Waals surface area (Å²) < 4.78 is 35.1. The highest BCUT2D eigenvalue weighted by Gasteiger charge is 2.31. The predicted octanol–water partition coefficient (Wildman–Crippen LogP) is 5.83. The van der Waals surface area contributed by atoms with Crippen LogP contribution < -0.4 is 9.79 Å². The van der Waals surface area contributed by atoms with E-state index in [2.05, 4.69) is 24.9 Å². The second-order valence-corrected chi connectivity index (χ2v) is 14.5. The highest BCUT2D eigenvalue weighted by molar-refractivity contribution is 7.89. The fourth-order valence-corrected chi connectivity index (χ4v) is 5.38. The first-order valence-electron chi connectivity index (χ1n) is 14.6. The number of benzene rings is 1. The van der Waals surface area contributed by atoms with E-state index in [0.29, 0.717) is 16.5 Å². The topological polar surface area (TPSA) is 154 Å². The van der Waals surface area contributed by atoms with Crippen LogP contribution in [-0.4, -0.2) is 46.2 Å². The monoisotopic (exact) mass is 646 g/mol. The van der Waals surface area contributed by atoms with E-state index < -0.39 is 39.1 Å². The zero-order chi connectivity index (χ0) is 33.5. The molecular weight excluding hydrogens is 608 g/mol. The van der Waals surface area contributed by atoms with E-state index in [-0.39, 0.29) is 29.2 Å². The van der Waals surface area contributed by atoms with Crippen LogP contribution in [0.4, 0.5) is 10.6 Å². The van der Waals surface area contributed by atoms with Gasteiger partial charge in [-0.3, -0.25) is 4.98 Å². The molecule has 13 heteroatoms. The maximum absolute atomic E-state index is 13.4.